The molecule has 0 amide bonds. The summed E-state index contributed by atoms with van der Waals surface area (Å²) in [5.41, 5.74) is 1.51. The van der Waals surface area contributed by atoms with E-state index < -0.39 is 0 Å². The minimum atomic E-state index is 0.211. The minimum absolute atomic E-state index is 0.211. The molecule has 4 heterocycles. The van der Waals surface area contributed by atoms with Crippen molar-refractivity contribution in [1.29, 1.82) is 0 Å². The van der Waals surface area contributed by atoms with Crippen LogP contribution >= 0.6 is 0 Å². The zero-order chi connectivity index (χ0) is 16.2. The van der Waals surface area contributed by atoms with Gasteiger partial charge in [-0.1, -0.05) is 5.16 Å². The number of ether oxygens (including phenoxy) is 1. The van der Waals surface area contributed by atoms with E-state index in [-0.39, 0.29) is 6.10 Å². The van der Waals surface area contributed by atoms with E-state index in [0.717, 1.165) is 25.0 Å². The highest BCUT2D eigenvalue weighted by molar-refractivity contribution is 5.69. The van der Waals surface area contributed by atoms with E-state index in [1.165, 1.54) is 6.33 Å². The van der Waals surface area contributed by atoms with Gasteiger partial charge in [0.15, 0.2) is 0 Å². The van der Waals surface area contributed by atoms with E-state index in [9.17, 15) is 0 Å². The molecule has 0 saturated carbocycles. The highest BCUT2D eigenvalue weighted by Gasteiger charge is 2.18. The minimum Gasteiger partial charge on any atom is -0.376 e. The van der Waals surface area contributed by atoms with Gasteiger partial charge in [0.25, 0.3) is 5.89 Å². The zero-order valence-corrected chi connectivity index (χ0v) is 12.9. The lowest BCUT2D eigenvalue weighted by Gasteiger charge is -2.12. The molecule has 1 aliphatic rings. The second-order valence-electron chi connectivity index (χ2n) is 5.46. The first-order valence-corrected chi connectivity index (χ1v) is 7.80. The van der Waals surface area contributed by atoms with Crippen molar-refractivity contribution in [3.8, 4) is 22.8 Å². The van der Waals surface area contributed by atoms with E-state index in [4.69, 9.17) is 9.26 Å². The highest BCUT2D eigenvalue weighted by atomic mass is 16.5. The third-order valence-corrected chi connectivity index (χ3v) is 3.83. The van der Waals surface area contributed by atoms with Gasteiger partial charge in [-0.05, 0) is 25.0 Å². The lowest BCUT2D eigenvalue weighted by molar-refractivity contribution is 0.120. The molecule has 0 bridgehead atoms. The van der Waals surface area contributed by atoms with Crippen LogP contribution in [0.15, 0.2) is 41.6 Å². The molecule has 0 radical (unpaired) electrons. The number of rotatable bonds is 5. The fourth-order valence-electron chi connectivity index (χ4n) is 2.59. The maximum atomic E-state index is 5.62. The van der Waals surface area contributed by atoms with Crippen molar-refractivity contribution in [2.45, 2.75) is 18.9 Å². The van der Waals surface area contributed by atoms with Crippen LogP contribution in [0.5, 0.6) is 0 Å². The molecule has 1 N–H and O–H groups in total. The van der Waals surface area contributed by atoms with Crippen LogP contribution in [-0.2, 0) is 4.74 Å². The molecule has 0 aliphatic carbocycles. The number of nitrogens with one attached hydrogen (secondary N) is 1. The Kier molecular flexibility index (Phi) is 4.11. The van der Waals surface area contributed by atoms with E-state index >= 15 is 0 Å². The Morgan fingerprint density at radius 2 is 2.12 bits per heavy atom. The summed E-state index contributed by atoms with van der Waals surface area (Å²) in [5, 5.41) is 7.31. The normalized spacial score (nSPS) is 17.1. The zero-order valence-electron chi connectivity index (χ0n) is 12.9. The van der Waals surface area contributed by atoms with Crippen molar-refractivity contribution in [1.82, 2.24) is 25.1 Å². The van der Waals surface area contributed by atoms with Crippen molar-refractivity contribution < 1.29 is 9.26 Å². The van der Waals surface area contributed by atoms with E-state index in [1.54, 1.807) is 18.6 Å². The number of aromatic nitrogens is 5. The summed E-state index contributed by atoms with van der Waals surface area (Å²) >= 11 is 0. The molecule has 3 aromatic heterocycles. The van der Waals surface area contributed by atoms with E-state index in [0.29, 0.717) is 29.6 Å². The van der Waals surface area contributed by atoms with Gasteiger partial charge in [0.2, 0.25) is 5.82 Å². The predicted molar refractivity (Wildman–Crippen MR) is 86.0 cm³/mol. The summed E-state index contributed by atoms with van der Waals surface area (Å²) in [5.74, 6) is 1.53. The topological polar surface area (TPSA) is 98.9 Å². The van der Waals surface area contributed by atoms with Crippen LogP contribution in [0.2, 0.25) is 0 Å². The highest BCUT2D eigenvalue weighted by Crippen LogP contribution is 2.26. The van der Waals surface area contributed by atoms with Crippen molar-refractivity contribution in [2.75, 3.05) is 18.5 Å². The molecule has 1 unspecified atom stereocenters. The Morgan fingerprint density at radius 3 is 2.96 bits per heavy atom. The summed E-state index contributed by atoms with van der Waals surface area (Å²) < 4.78 is 11.0. The third-order valence-electron chi connectivity index (χ3n) is 3.83. The summed E-state index contributed by atoms with van der Waals surface area (Å²) in [7, 11) is 0. The Morgan fingerprint density at radius 1 is 1.21 bits per heavy atom. The molecule has 4 rings (SSSR count). The molecule has 0 aromatic carbocycles. The van der Waals surface area contributed by atoms with Gasteiger partial charge in [0.1, 0.15) is 17.7 Å². The number of hydrogen-bond donors (Lipinski definition) is 1. The molecule has 3 aromatic rings. The molecule has 1 saturated heterocycles. The Hall–Kier alpha value is -2.87. The average molecular weight is 324 g/mol. The molecule has 0 spiro atoms. The van der Waals surface area contributed by atoms with E-state index in [1.807, 2.05) is 12.1 Å². The van der Waals surface area contributed by atoms with Crippen molar-refractivity contribution in [2.24, 2.45) is 0 Å². The Balaban J connectivity index is 1.56. The van der Waals surface area contributed by atoms with Gasteiger partial charge in [-0.3, -0.25) is 4.98 Å². The predicted octanol–water partition coefficient (Wildman–Crippen LogP) is 2.18. The van der Waals surface area contributed by atoms with Gasteiger partial charge in [0.05, 0.1) is 6.10 Å². The molecule has 122 valence electrons. The molecule has 1 aliphatic heterocycles. The largest absolute Gasteiger partial charge is 0.376 e. The van der Waals surface area contributed by atoms with Gasteiger partial charge in [0, 0.05) is 37.3 Å². The molecule has 1 atom stereocenters. The second-order valence-corrected chi connectivity index (χ2v) is 5.46. The number of nitrogens with zero attached hydrogens (tertiary/aromatic N) is 5. The Labute approximate surface area is 138 Å². The smallest absolute Gasteiger partial charge is 0.263 e. The molecule has 1 fully saturated rings. The summed E-state index contributed by atoms with van der Waals surface area (Å²) in [4.78, 5) is 16.8. The monoisotopic (exact) mass is 324 g/mol. The first-order valence-electron chi connectivity index (χ1n) is 7.80. The molecule has 24 heavy (non-hydrogen) atoms. The second kappa shape index (κ2) is 6.71. The lowest BCUT2D eigenvalue weighted by Crippen LogP contribution is -2.19. The van der Waals surface area contributed by atoms with Crippen LogP contribution in [0.3, 0.4) is 0 Å². The van der Waals surface area contributed by atoms with Crippen molar-refractivity contribution >= 4 is 5.82 Å². The average Bonchev–Trinajstić information content (AvgIpc) is 3.33. The fraction of sp³-hybridized carbons (Fsp3) is 0.312. The SMILES string of the molecule is c1cc(-c2noc(-c3cncnc3NCC3CCCO3)n2)ccn1. The lowest BCUT2D eigenvalue weighted by atomic mass is 10.2. The van der Waals surface area contributed by atoms with Crippen LogP contribution in [0.4, 0.5) is 5.82 Å². The summed E-state index contributed by atoms with van der Waals surface area (Å²) in [6, 6.07) is 3.65. The van der Waals surface area contributed by atoms with Gasteiger partial charge in [-0.15, -0.1) is 0 Å². The maximum Gasteiger partial charge on any atom is 0.263 e. The first-order chi connectivity index (χ1) is 11.9. The first kappa shape index (κ1) is 14.7. The maximum absolute atomic E-state index is 5.62. The number of anilines is 1. The fourth-order valence-corrected chi connectivity index (χ4v) is 2.59. The van der Waals surface area contributed by atoms with Crippen molar-refractivity contribution in [3.63, 3.8) is 0 Å². The Bertz CT molecular complexity index is 801. The molecule has 8 heteroatoms. The van der Waals surface area contributed by atoms with Crippen LogP contribution in [0.25, 0.3) is 22.8 Å². The number of hydrogen-bond acceptors (Lipinski definition) is 8. The van der Waals surface area contributed by atoms with Crippen LogP contribution in [0.1, 0.15) is 12.8 Å². The third kappa shape index (κ3) is 3.09. The van der Waals surface area contributed by atoms with Gasteiger partial charge >= 0.3 is 0 Å². The van der Waals surface area contributed by atoms with Crippen molar-refractivity contribution in [3.05, 3.63) is 37.1 Å². The molecule has 8 nitrogen and oxygen atoms in total. The standard InChI is InChI=1S/C16H16N6O2/c1-2-12(23-7-1)8-19-15-13(9-18-10-20-15)16-21-14(22-24-16)11-3-5-17-6-4-11/h3-6,9-10,12H,1-2,7-8H2,(H,18,19,20). The summed E-state index contributed by atoms with van der Waals surface area (Å²) in [6.45, 7) is 1.51. The molecular weight excluding hydrogens is 308 g/mol. The van der Waals surface area contributed by atoms with Gasteiger partial charge < -0.3 is 14.6 Å². The van der Waals surface area contributed by atoms with Crippen LogP contribution in [0, 0.1) is 0 Å². The quantitative estimate of drug-likeness (QED) is 0.762. The van der Waals surface area contributed by atoms with Crippen LogP contribution < -0.4 is 5.32 Å². The summed E-state index contributed by atoms with van der Waals surface area (Å²) in [6.07, 6.45) is 8.89. The van der Waals surface area contributed by atoms with Crippen LogP contribution in [-0.4, -0.2) is 44.3 Å². The molecular formula is C16H16N6O2. The van der Waals surface area contributed by atoms with Gasteiger partial charge in [-0.2, -0.15) is 4.98 Å². The van der Waals surface area contributed by atoms with Gasteiger partial charge in [-0.25, -0.2) is 9.97 Å². The van der Waals surface area contributed by atoms with E-state index in [2.05, 4.69) is 30.4 Å². The number of pyridine rings is 1.